The normalized spacial score (nSPS) is 31.1. The molecule has 2 aliphatic carbocycles. The van der Waals surface area contributed by atoms with Crippen molar-refractivity contribution in [1.82, 2.24) is 0 Å². The average Bonchev–Trinajstić information content (AvgIpc) is 3.06. The highest BCUT2D eigenvalue weighted by molar-refractivity contribution is 5.78. The Bertz CT molecular complexity index is 273. The van der Waals surface area contributed by atoms with Crippen molar-refractivity contribution in [2.24, 2.45) is 17.1 Å². The summed E-state index contributed by atoms with van der Waals surface area (Å²) in [5.41, 5.74) is 5.74. The Morgan fingerprint density at radius 1 is 1.41 bits per heavy atom. The lowest BCUT2D eigenvalue weighted by molar-refractivity contribution is -0.01000. The van der Waals surface area contributed by atoms with E-state index in [1.54, 1.807) is 0 Å². The lowest BCUT2D eigenvalue weighted by Gasteiger charge is -2.29. The van der Waals surface area contributed by atoms with E-state index in [2.05, 4.69) is 6.92 Å². The van der Waals surface area contributed by atoms with Gasteiger partial charge in [0, 0.05) is 11.8 Å². The molecule has 3 N–H and O–H groups in total. The van der Waals surface area contributed by atoms with Crippen molar-refractivity contribution in [3.8, 4) is 0 Å². The van der Waals surface area contributed by atoms with Gasteiger partial charge in [-0.3, -0.25) is 5.41 Å². The summed E-state index contributed by atoms with van der Waals surface area (Å²) in [6, 6.07) is 0. The number of rotatable bonds is 6. The summed E-state index contributed by atoms with van der Waals surface area (Å²) in [5, 5.41) is 7.40. The number of hydrogen-bond donors (Lipinski definition) is 2. The second kappa shape index (κ2) is 5.38. The van der Waals surface area contributed by atoms with Gasteiger partial charge < -0.3 is 10.5 Å². The van der Waals surface area contributed by atoms with E-state index in [1.165, 1.54) is 44.9 Å². The number of ether oxygens (including phenoxy) is 1. The van der Waals surface area contributed by atoms with Gasteiger partial charge in [-0.05, 0) is 31.6 Å². The van der Waals surface area contributed by atoms with Gasteiger partial charge in [0.25, 0.3) is 0 Å². The van der Waals surface area contributed by atoms with E-state index < -0.39 is 0 Å². The molecule has 2 fully saturated rings. The molecular weight excluding hydrogens is 212 g/mol. The predicted molar refractivity (Wildman–Crippen MR) is 70.2 cm³/mol. The SMILES string of the molecule is CCC1CCCC(OCC2(CC(=N)N)CC2)C1. The summed E-state index contributed by atoms with van der Waals surface area (Å²) < 4.78 is 6.09. The second-order valence-corrected chi connectivity index (χ2v) is 6.08. The molecule has 0 saturated heterocycles. The number of hydrogen-bond acceptors (Lipinski definition) is 2. The molecule has 2 rings (SSSR count). The van der Waals surface area contributed by atoms with Gasteiger partial charge in [-0.1, -0.05) is 26.2 Å². The van der Waals surface area contributed by atoms with Crippen LogP contribution in [0.15, 0.2) is 0 Å². The van der Waals surface area contributed by atoms with Crippen LogP contribution in [-0.4, -0.2) is 18.5 Å². The van der Waals surface area contributed by atoms with Crippen LogP contribution in [0.4, 0.5) is 0 Å². The molecule has 0 radical (unpaired) electrons. The minimum Gasteiger partial charge on any atom is -0.388 e. The third kappa shape index (κ3) is 3.70. The van der Waals surface area contributed by atoms with E-state index in [4.69, 9.17) is 15.9 Å². The standard InChI is InChI=1S/C14H26N2O/c1-2-11-4-3-5-12(8-11)17-10-14(6-7-14)9-13(15)16/h11-12H,2-10H2,1H3,(H3,15,16). The molecule has 0 aromatic carbocycles. The van der Waals surface area contributed by atoms with Gasteiger partial charge in [0.1, 0.15) is 0 Å². The molecule has 0 aromatic rings. The van der Waals surface area contributed by atoms with Gasteiger partial charge >= 0.3 is 0 Å². The second-order valence-electron chi connectivity index (χ2n) is 6.08. The van der Waals surface area contributed by atoms with Crippen LogP contribution in [0, 0.1) is 16.7 Å². The molecule has 98 valence electrons. The van der Waals surface area contributed by atoms with Crippen molar-refractivity contribution < 1.29 is 4.74 Å². The molecule has 0 bridgehead atoms. The van der Waals surface area contributed by atoms with Crippen LogP contribution in [0.2, 0.25) is 0 Å². The van der Waals surface area contributed by atoms with Crippen LogP contribution < -0.4 is 5.73 Å². The van der Waals surface area contributed by atoms with E-state index >= 15 is 0 Å². The van der Waals surface area contributed by atoms with Gasteiger partial charge in [0.15, 0.2) is 0 Å². The highest BCUT2D eigenvalue weighted by Crippen LogP contribution is 2.49. The maximum atomic E-state index is 7.40. The smallest absolute Gasteiger partial charge is 0.0911 e. The zero-order valence-electron chi connectivity index (χ0n) is 11.0. The van der Waals surface area contributed by atoms with Crippen LogP contribution in [-0.2, 0) is 4.74 Å². The third-order valence-electron chi connectivity index (χ3n) is 4.46. The van der Waals surface area contributed by atoms with Gasteiger partial charge in [-0.15, -0.1) is 0 Å². The van der Waals surface area contributed by atoms with Crippen molar-refractivity contribution in [1.29, 1.82) is 5.41 Å². The Morgan fingerprint density at radius 2 is 2.18 bits per heavy atom. The third-order valence-corrected chi connectivity index (χ3v) is 4.46. The van der Waals surface area contributed by atoms with Crippen LogP contribution in [0.1, 0.15) is 58.3 Å². The minimum atomic E-state index is 0.241. The molecule has 17 heavy (non-hydrogen) atoms. The molecule has 2 saturated carbocycles. The summed E-state index contributed by atoms with van der Waals surface area (Å²) in [6.45, 7) is 3.11. The lowest BCUT2D eigenvalue weighted by atomic mass is 9.85. The summed E-state index contributed by atoms with van der Waals surface area (Å²) in [4.78, 5) is 0. The minimum absolute atomic E-state index is 0.241. The molecule has 0 aliphatic heterocycles. The van der Waals surface area contributed by atoms with Gasteiger partial charge in [0.05, 0.1) is 18.5 Å². The van der Waals surface area contributed by atoms with Gasteiger partial charge in [-0.2, -0.15) is 0 Å². The maximum absolute atomic E-state index is 7.40. The van der Waals surface area contributed by atoms with Crippen LogP contribution in [0.3, 0.4) is 0 Å². The fourth-order valence-electron chi connectivity index (χ4n) is 3.01. The van der Waals surface area contributed by atoms with Crippen LogP contribution in [0.5, 0.6) is 0 Å². The molecule has 2 atom stereocenters. The first kappa shape index (κ1) is 12.9. The molecule has 0 amide bonds. The van der Waals surface area contributed by atoms with Crippen LogP contribution in [0.25, 0.3) is 0 Å². The predicted octanol–water partition coefficient (Wildman–Crippen LogP) is 3.08. The first-order valence-corrected chi connectivity index (χ1v) is 7.08. The monoisotopic (exact) mass is 238 g/mol. The average molecular weight is 238 g/mol. The number of amidine groups is 1. The van der Waals surface area contributed by atoms with E-state index in [0.717, 1.165) is 18.9 Å². The van der Waals surface area contributed by atoms with E-state index in [1.807, 2.05) is 0 Å². The Balaban J connectivity index is 1.72. The zero-order valence-corrected chi connectivity index (χ0v) is 11.0. The Kier molecular flexibility index (Phi) is 4.08. The molecular formula is C14H26N2O. The zero-order chi connectivity index (χ0) is 12.3. The number of nitrogens with one attached hydrogen (secondary N) is 1. The number of nitrogens with two attached hydrogens (primary N) is 1. The molecule has 0 aromatic heterocycles. The first-order chi connectivity index (χ1) is 8.13. The summed E-state index contributed by atoms with van der Waals surface area (Å²) in [7, 11) is 0. The van der Waals surface area contributed by atoms with Crippen molar-refractivity contribution in [2.75, 3.05) is 6.61 Å². The molecule has 2 aliphatic rings. The highest BCUT2D eigenvalue weighted by atomic mass is 16.5. The van der Waals surface area contributed by atoms with E-state index in [9.17, 15) is 0 Å². The fourth-order valence-corrected chi connectivity index (χ4v) is 3.01. The van der Waals surface area contributed by atoms with Gasteiger partial charge in [0.2, 0.25) is 0 Å². The van der Waals surface area contributed by atoms with Gasteiger partial charge in [-0.25, -0.2) is 0 Å². The summed E-state index contributed by atoms with van der Waals surface area (Å²) >= 11 is 0. The maximum Gasteiger partial charge on any atom is 0.0911 e. The van der Waals surface area contributed by atoms with Crippen molar-refractivity contribution >= 4 is 5.84 Å². The largest absolute Gasteiger partial charge is 0.388 e. The van der Waals surface area contributed by atoms with Crippen molar-refractivity contribution in [2.45, 2.75) is 64.4 Å². The Labute approximate surface area is 105 Å². The quantitative estimate of drug-likeness (QED) is 0.552. The molecule has 2 unspecified atom stereocenters. The van der Waals surface area contributed by atoms with E-state index in [0.29, 0.717) is 11.9 Å². The topological polar surface area (TPSA) is 59.1 Å². The molecule has 0 heterocycles. The van der Waals surface area contributed by atoms with E-state index in [-0.39, 0.29) is 5.41 Å². The highest BCUT2D eigenvalue weighted by Gasteiger charge is 2.43. The fraction of sp³-hybridized carbons (Fsp3) is 0.929. The first-order valence-electron chi connectivity index (χ1n) is 7.08. The van der Waals surface area contributed by atoms with Crippen LogP contribution >= 0.6 is 0 Å². The molecule has 3 heteroatoms. The summed E-state index contributed by atoms with van der Waals surface area (Å²) in [6.07, 6.45) is 10.1. The Hall–Kier alpha value is -0.570. The van der Waals surface area contributed by atoms with Crippen molar-refractivity contribution in [3.05, 3.63) is 0 Å². The Morgan fingerprint density at radius 3 is 2.76 bits per heavy atom. The summed E-state index contributed by atoms with van der Waals surface area (Å²) in [5.74, 6) is 1.19. The van der Waals surface area contributed by atoms with Crippen molar-refractivity contribution in [3.63, 3.8) is 0 Å². The molecule has 0 spiro atoms. The molecule has 3 nitrogen and oxygen atoms in total. The lowest BCUT2D eigenvalue weighted by Crippen LogP contribution is -2.27.